The van der Waals surface area contributed by atoms with E-state index in [1.807, 2.05) is 24.3 Å². The van der Waals surface area contributed by atoms with Gasteiger partial charge in [-0.25, -0.2) is 9.59 Å². The number of aromatic nitrogens is 1. The highest BCUT2D eigenvalue weighted by Crippen LogP contribution is 2.48. The number of carbonyl (C=O) groups is 4. The van der Waals surface area contributed by atoms with Gasteiger partial charge in [-0.3, -0.25) is 24.8 Å². The molecule has 0 spiro atoms. The van der Waals surface area contributed by atoms with Crippen molar-refractivity contribution in [2.75, 3.05) is 13.7 Å². The van der Waals surface area contributed by atoms with Crippen LogP contribution in [0.4, 0.5) is 4.79 Å². The van der Waals surface area contributed by atoms with Crippen molar-refractivity contribution in [1.82, 2.24) is 20.5 Å². The number of ether oxygens (including phenoxy) is 3. The molecule has 1 saturated heterocycles. The first-order chi connectivity index (χ1) is 21.0. The number of carbonyl (C=O) groups excluding carboxylic acids is 4. The van der Waals surface area contributed by atoms with Crippen molar-refractivity contribution in [3.05, 3.63) is 48.7 Å². The second-order valence-corrected chi connectivity index (χ2v) is 12.9. The Morgan fingerprint density at radius 3 is 2.68 bits per heavy atom. The summed E-state index contributed by atoms with van der Waals surface area (Å²) in [6.07, 6.45) is 8.84. The van der Waals surface area contributed by atoms with E-state index in [0.717, 1.165) is 23.7 Å². The Balaban J connectivity index is 1.52. The number of alkyl carbamates (subject to hydrolysis) is 1. The van der Waals surface area contributed by atoms with Crippen molar-refractivity contribution in [2.24, 2.45) is 5.92 Å². The molecule has 11 heteroatoms. The molecule has 0 bridgehead atoms. The minimum atomic E-state index is -1.57. The number of nitrogens with zero attached hydrogens (tertiary/aromatic N) is 2. The number of esters is 1. The number of hydrogen-bond acceptors (Lipinski definition) is 9. The molecule has 2 aromatic rings. The molecule has 2 N–H and O–H groups in total. The van der Waals surface area contributed by atoms with Gasteiger partial charge in [0.05, 0.1) is 18.7 Å². The zero-order chi connectivity index (χ0) is 31.5. The molecule has 1 aliphatic carbocycles. The van der Waals surface area contributed by atoms with Crippen LogP contribution in [0.1, 0.15) is 65.7 Å². The van der Waals surface area contributed by atoms with Crippen molar-refractivity contribution >= 4 is 35.2 Å². The number of aldehydes is 1. The van der Waals surface area contributed by atoms with Gasteiger partial charge in [-0.05, 0) is 83.4 Å². The van der Waals surface area contributed by atoms with Crippen LogP contribution in [0.5, 0.6) is 5.75 Å². The van der Waals surface area contributed by atoms with E-state index in [-0.39, 0.29) is 25.3 Å². The Bertz CT molecular complexity index is 1430. The molecule has 5 rings (SSSR count). The molecule has 44 heavy (non-hydrogen) atoms. The lowest BCUT2D eigenvalue weighted by atomic mass is 9.99. The van der Waals surface area contributed by atoms with Gasteiger partial charge in [0.25, 0.3) is 0 Å². The van der Waals surface area contributed by atoms with E-state index >= 15 is 0 Å². The maximum atomic E-state index is 14.2. The van der Waals surface area contributed by atoms with Gasteiger partial charge in [-0.2, -0.15) is 0 Å². The third kappa shape index (κ3) is 6.57. The van der Waals surface area contributed by atoms with Gasteiger partial charge in [-0.15, -0.1) is 0 Å². The maximum absolute atomic E-state index is 14.2. The SMILES string of the molecule is COC(=O)[C@@]12C[C@H]1CC/C=C/CCC[C@@](C=O)(NC(=O)OC(C)(C)C)N1C[C@H](Oc3ccnc4ccccc34)C[C@H]1C(=O)N2. The zero-order valence-electron chi connectivity index (χ0n) is 25.8. The molecular weight excluding hydrogens is 564 g/mol. The standard InChI is InChI=1S/C33H42N4O7/c1-31(2,3)44-30(41)36-32(21-38)16-11-7-5-6-8-12-22-19-33(22,29(40)42-4)35-28(39)26-18-23(20-37(26)32)43-27-15-17-34-25-14-10-9-13-24(25)27/h5-6,9-10,13-15,17,21-23,26H,7-8,11-12,16,18-20H2,1-4H3,(H,35,39)(H,36,41)/b6-5+/t22-,23-,26+,32-,33-/m1/s1. The summed E-state index contributed by atoms with van der Waals surface area (Å²) < 4.78 is 17.2. The second-order valence-electron chi connectivity index (χ2n) is 12.9. The zero-order valence-corrected chi connectivity index (χ0v) is 25.8. The lowest BCUT2D eigenvalue weighted by Crippen LogP contribution is -2.66. The lowest BCUT2D eigenvalue weighted by Gasteiger charge is -2.41. The summed E-state index contributed by atoms with van der Waals surface area (Å²) in [5, 5.41) is 6.65. The molecular formula is C33H42N4O7. The van der Waals surface area contributed by atoms with Crippen LogP contribution in [0.15, 0.2) is 48.7 Å². The summed E-state index contributed by atoms with van der Waals surface area (Å²) in [5.74, 6) is -0.371. The number of allylic oxidation sites excluding steroid dienone is 2. The monoisotopic (exact) mass is 606 g/mol. The Kier molecular flexibility index (Phi) is 8.97. The Hall–Kier alpha value is -3.99. The highest BCUT2D eigenvalue weighted by atomic mass is 16.6. The third-order valence-electron chi connectivity index (χ3n) is 8.67. The molecule has 0 unspecified atom stereocenters. The van der Waals surface area contributed by atoms with Crippen LogP contribution in [0.25, 0.3) is 10.9 Å². The van der Waals surface area contributed by atoms with Crippen LogP contribution >= 0.6 is 0 Å². The fourth-order valence-electron chi connectivity index (χ4n) is 6.48. The number of amides is 2. The van der Waals surface area contributed by atoms with Gasteiger partial charge in [-0.1, -0.05) is 24.3 Å². The molecule has 236 valence electrons. The van der Waals surface area contributed by atoms with Crippen LogP contribution in [-0.2, 0) is 23.9 Å². The Morgan fingerprint density at radius 1 is 1.16 bits per heavy atom. The topological polar surface area (TPSA) is 136 Å². The molecule has 1 saturated carbocycles. The van der Waals surface area contributed by atoms with E-state index in [9.17, 15) is 19.2 Å². The van der Waals surface area contributed by atoms with Crippen molar-refractivity contribution in [1.29, 1.82) is 0 Å². The first-order valence-electron chi connectivity index (χ1n) is 15.3. The summed E-state index contributed by atoms with van der Waals surface area (Å²) in [4.78, 5) is 59.5. The van der Waals surface area contributed by atoms with Crippen molar-refractivity contribution < 1.29 is 33.4 Å². The molecule has 11 nitrogen and oxygen atoms in total. The summed E-state index contributed by atoms with van der Waals surface area (Å²) in [6.45, 7) is 5.39. The summed E-state index contributed by atoms with van der Waals surface area (Å²) >= 11 is 0. The molecule has 3 heterocycles. The summed E-state index contributed by atoms with van der Waals surface area (Å²) in [5.41, 5.74) is -2.73. The van der Waals surface area contributed by atoms with E-state index in [4.69, 9.17) is 14.2 Å². The number of pyridine rings is 1. The number of nitrogens with one attached hydrogen (secondary N) is 2. The minimum Gasteiger partial charge on any atom is -0.488 e. The number of para-hydroxylation sites is 1. The Morgan fingerprint density at radius 2 is 1.93 bits per heavy atom. The number of hydrogen-bond donors (Lipinski definition) is 2. The highest BCUT2D eigenvalue weighted by Gasteiger charge is 2.63. The summed E-state index contributed by atoms with van der Waals surface area (Å²) in [6, 6.07) is 8.48. The van der Waals surface area contributed by atoms with Crippen molar-refractivity contribution in [3.8, 4) is 5.75 Å². The first-order valence-corrected chi connectivity index (χ1v) is 15.3. The first kappa shape index (κ1) is 31.4. The van der Waals surface area contributed by atoms with Crippen molar-refractivity contribution in [2.45, 2.75) is 94.7 Å². The van der Waals surface area contributed by atoms with Gasteiger partial charge in [0.1, 0.15) is 23.0 Å². The summed E-state index contributed by atoms with van der Waals surface area (Å²) in [7, 11) is 1.32. The molecule has 2 aliphatic heterocycles. The van der Waals surface area contributed by atoms with E-state index in [0.29, 0.717) is 31.3 Å². The largest absolute Gasteiger partial charge is 0.488 e. The van der Waals surface area contributed by atoms with Crippen LogP contribution in [-0.4, -0.2) is 76.7 Å². The van der Waals surface area contributed by atoms with Gasteiger partial charge < -0.3 is 19.5 Å². The predicted octanol–water partition coefficient (Wildman–Crippen LogP) is 4.04. The second kappa shape index (κ2) is 12.6. The van der Waals surface area contributed by atoms with Crippen LogP contribution in [0.2, 0.25) is 0 Å². The molecule has 3 aliphatic rings. The molecule has 2 fully saturated rings. The fourth-order valence-corrected chi connectivity index (χ4v) is 6.48. The minimum absolute atomic E-state index is 0.0627. The number of rotatable bonds is 5. The van der Waals surface area contributed by atoms with Gasteiger partial charge in [0.2, 0.25) is 5.91 Å². The molecule has 1 aromatic heterocycles. The molecule has 5 atom stereocenters. The highest BCUT2D eigenvalue weighted by molar-refractivity contribution is 5.94. The van der Waals surface area contributed by atoms with E-state index in [2.05, 4.69) is 27.8 Å². The predicted molar refractivity (Wildman–Crippen MR) is 163 cm³/mol. The van der Waals surface area contributed by atoms with Gasteiger partial charge >= 0.3 is 12.1 Å². The van der Waals surface area contributed by atoms with Crippen LogP contribution in [0.3, 0.4) is 0 Å². The fraction of sp³-hybridized carbons (Fsp3) is 0.545. The van der Waals surface area contributed by atoms with E-state index in [1.165, 1.54) is 7.11 Å². The quantitative estimate of drug-likeness (QED) is 0.294. The van der Waals surface area contributed by atoms with E-state index < -0.39 is 46.9 Å². The van der Waals surface area contributed by atoms with Gasteiger partial charge in [0, 0.05) is 24.5 Å². The number of fused-ring (bicyclic) bond motifs is 3. The third-order valence-corrected chi connectivity index (χ3v) is 8.67. The number of benzene rings is 1. The maximum Gasteiger partial charge on any atom is 0.409 e. The molecule has 2 amide bonds. The van der Waals surface area contributed by atoms with Crippen LogP contribution < -0.4 is 15.4 Å². The number of methoxy groups -OCH3 is 1. The molecule has 0 radical (unpaired) electrons. The van der Waals surface area contributed by atoms with E-state index in [1.54, 1.807) is 37.9 Å². The Labute approximate surface area is 257 Å². The van der Waals surface area contributed by atoms with Crippen LogP contribution in [0, 0.1) is 5.92 Å². The molecule has 1 aromatic carbocycles. The smallest absolute Gasteiger partial charge is 0.409 e. The van der Waals surface area contributed by atoms with Crippen molar-refractivity contribution in [3.63, 3.8) is 0 Å². The average Bonchev–Trinajstić information content (AvgIpc) is 3.50. The average molecular weight is 607 g/mol. The van der Waals surface area contributed by atoms with Gasteiger partial charge in [0.15, 0.2) is 11.9 Å². The normalized spacial score (nSPS) is 30.1. The lowest BCUT2D eigenvalue weighted by molar-refractivity contribution is -0.148.